The average Bonchev–Trinajstić information content (AvgIpc) is 3.02. The maximum absolute atomic E-state index is 13.5. The van der Waals surface area contributed by atoms with Crippen LogP contribution >= 0.6 is 11.6 Å². The number of anilines is 1. The monoisotopic (exact) mass is 333 g/mol. The van der Waals surface area contributed by atoms with Crippen LogP contribution in [-0.4, -0.2) is 11.9 Å². The molecule has 1 saturated heterocycles. The van der Waals surface area contributed by atoms with Crippen LogP contribution in [0.25, 0.3) is 0 Å². The lowest BCUT2D eigenvalue weighted by Gasteiger charge is -2.13. The lowest BCUT2D eigenvalue weighted by molar-refractivity contribution is -0.117. The fraction of sp³-hybridized carbons (Fsp3) is 0.235. The van der Waals surface area contributed by atoms with E-state index in [9.17, 15) is 9.18 Å². The first kappa shape index (κ1) is 15.9. The zero-order valence-electron chi connectivity index (χ0n) is 12.6. The number of carbonyl (C=O) groups is 1. The van der Waals surface area contributed by atoms with Crippen molar-refractivity contribution in [3.8, 4) is 0 Å². The van der Waals surface area contributed by atoms with E-state index in [4.69, 9.17) is 11.6 Å². The molecule has 2 aromatic carbocycles. The summed E-state index contributed by atoms with van der Waals surface area (Å²) < 4.78 is 13.5. The van der Waals surface area contributed by atoms with Crippen LogP contribution < -0.4 is 16.2 Å². The molecule has 2 aromatic rings. The minimum Gasteiger partial charge on any atom is -0.324 e. The van der Waals surface area contributed by atoms with Gasteiger partial charge in [-0.15, -0.1) is 0 Å². The number of halogens is 2. The quantitative estimate of drug-likeness (QED) is 0.807. The standard InChI is InChI=1S/C17H17ClFN3O/c1-10-13(19)3-2-4-14(10)20-17(23)16-9-15(21-22-16)11-5-7-12(18)8-6-11/h2-8,15-16,21-22H,9H2,1H3,(H,20,23). The van der Waals surface area contributed by atoms with Gasteiger partial charge in [-0.05, 0) is 43.2 Å². The molecule has 1 aliphatic rings. The molecule has 0 aliphatic carbocycles. The van der Waals surface area contributed by atoms with E-state index in [-0.39, 0.29) is 17.8 Å². The maximum atomic E-state index is 13.5. The third-order valence-electron chi connectivity index (χ3n) is 4.02. The van der Waals surface area contributed by atoms with E-state index in [0.29, 0.717) is 22.7 Å². The fourth-order valence-corrected chi connectivity index (χ4v) is 2.73. The number of carbonyl (C=O) groups excluding carboxylic acids is 1. The number of amides is 1. The molecule has 1 aliphatic heterocycles. The van der Waals surface area contributed by atoms with Gasteiger partial charge in [0.25, 0.3) is 0 Å². The highest BCUT2D eigenvalue weighted by molar-refractivity contribution is 6.30. The van der Waals surface area contributed by atoms with E-state index in [0.717, 1.165) is 5.56 Å². The predicted molar refractivity (Wildman–Crippen MR) is 88.6 cm³/mol. The van der Waals surface area contributed by atoms with Gasteiger partial charge in [-0.25, -0.2) is 15.2 Å². The zero-order valence-corrected chi connectivity index (χ0v) is 13.3. The molecular formula is C17H17ClFN3O. The van der Waals surface area contributed by atoms with Crippen molar-refractivity contribution in [3.63, 3.8) is 0 Å². The molecule has 1 heterocycles. The van der Waals surface area contributed by atoms with Gasteiger partial charge in [0.15, 0.2) is 0 Å². The summed E-state index contributed by atoms with van der Waals surface area (Å²) in [5, 5.41) is 3.45. The Morgan fingerprint density at radius 2 is 1.96 bits per heavy atom. The highest BCUT2D eigenvalue weighted by Gasteiger charge is 2.30. The summed E-state index contributed by atoms with van der Waals surface area (Å²) in [5.74, 6) is -0.526. The fourth-order valence-electron chi connectivity index (χ4n) is 2.60. The van der Waals surface area contributed by atoms with Gasteiger partial charge in [0.05, 0.1) is 0 Å². The van der Waals surface area contributed by atoms with Gasteiger partial charge in [-0.1, -0.05) is 29.8 Å². The molecule has 3 N–H and O–H groups in total. The van der Waals surface area contributed by atoms with Crippen LogP contribution in [0.1, 0.15) is 23.6 Å². The molecule has 2 unspecified atom stereocenters. The molecule has 0 spiro atoms. The summed E-state index contributed by atoms with van der Waals surface area (Å²) in [6.45, 7) is 1.64. The average molecular weight is 334 g/mol. The van der Waals surface area contributed by atoms with E-state index < -0.39 is 6.04 Å². The van der Waals surface area contributed by atoms with Crippen molar-refractivity contribution in [2.75, 3.05) is 5.32 Å². The second-order valence-electron chi connectivity index (χ2n) is 5.58. The Balaban J connectivity index is 1.65. The molecule has 2 atom stereocenters. The summed E-state index contributed by atoms with van der Waals surface area (Å²) >= 11 is 5.88. The molecule has 6 heteroatoms. The number of benzene rings is 2. The first-order valence-corrected chi connectivity index (χ1v) is 7.75. The summed E-state index contributed by atoms with van der Waals surface area (Å²) in [5.41, 5.74) is 8.07. The summed E-state index contributed by atoms with van der Waals surface area (Å²) in [6, 6.07) is 11.8. The molecule has 0 saturated carbocycles. The van der Waals surface area contributed by atoms with Crippen molar-refractivity contribution in [1.82, 2.24) is 10.9 Å². The van der Waals surface area contributed by atoms with E-state index >= 15 is 0 Å². The third-order valence-corrected chi connectivity index (χ3v) is 4.27. The zero-order chi connectivity index (χ0) is 16.4. The number of hydrazine groups is 1. The number of rotatable bonds is 3. The Hall–Kier alpha value is -1.95. The van der Waals surface area contributed by atoms with Crippen LogP contribution in [-0.2, 0) is 4.79 Å². The van der Waals surface area contributed by atoms with Gasteiger partial charge in [0.2, 0.25) is 5.91 Å². The molecule has 23 heavy (non-hydrogen) atoms. The highest BCUT2D eigenvalue weighted by Crippen LogP contribution is 2.25. The van der Waals surface area contributed by atoms with Gasteiger partial charge in [-0.2, -0.15) is 0 Å². The highest BCUT2D eigenvalue weighted by atomic mass is 35.5. The van der Waals surface area contributed by atoms with Gasteiger partial charge >= 0.3 is 0 Å². The van der Waals surface area contributed by atoms with Crippen LogP contribution in [0.2, 0.25) is 5.02 Å². The van der Waals surface area contributed by atoms with Crippen molar-refractivity contribution in [2.45, 2.75) is 25.4 Å². The predicted octanol–water partition coefficient (Wildman–Crippen LogP) is 3.33. The first-order chi connectivity index (χ1) is 11.0. The maximum Gasteiger partial charge on any atom is 0.242 e. The normalized spacial score (nSPS) is 20.5. The lowest BCUT2D eigenvalue weighted by atomic mass is 10.0. The lowest BCUT2D eigenvalue weighted by Crippen LogP contribution is -2.39. The molecule has 0 aromatic heterocycles. The summed E-state index contributed by atoms with van der Waals surface area (Å²) in [4.78, 5) is 12.4. The Bertz CT molecular complexity index is 720. The Labute approximate surface area is 139 Å². The van der Waals surface area contributed by atoms with Crippen LogP contribution in [0, 0.1) is 12.7 Å². The number of nitrogens with one attached hydrogen (secondary N) is 3. The molecule has 1 fully saturated rings. The minimum absolute atomic E-state index is 0.0247. The molecule has 1 amide bonds. The molecule has 3 rings (SSSR count). The summed E-state index contributed by atoms with van der Waals surface area (Å²) in [7, 11) is 0. The van der Waals surface area contributed by atoms with Crippen LogP contribution in [0.5, 0.6) is 0 Å². The van der Waals surface area contributed by atoms with E-state index in [1.165, 1.54) is 6.07 Å². The Kier molecular flexibility index (Phi) is 4.61. The van der Waals surface area contributed by atoms with E-state index in [2.05, 4.69) is 16.2 Å². The van der Waals surface area contributed by atoms with E-state index in [1.54, 1.807) is 19.1 Å². The Morgan fingerprint density at radius 3 is 2.70 bits per heavy atom. The number of hydrogen-bond acceptors (Lipinski definition) is 3. The molecule has 0 bridgehead atoms. The van der Waals surface area contributed by atoms with Crippen molar-refractivity contribution >= 4 is 23.2 Å². The first-order valence-electron chi connectivity index (χ1n) is 7.37. The molecule has 120 valence electrons. The largest absolute Gasteiger partial charge is 0.324 e. The third kappa shape index (κ3) is 3.52. The van der Waals surface area contributed by atoms with Gasteiger partial charge in [0.1, 0.15) is 11.9 Å². The van der Waals surface area contributed by atoms with Gasteiger partial charge in [-0.3, -0.25) is 4.79 Å². The van der Waals surface area contributed by atoms with Crippen LogP contribution in [0.3, 0.4) is 0 Å². The smallest absolute Gasteiger partial charge is 0.242 e. The Morgan fingerprint density at radius 1 is 1.22 bits per heavy atom. The second kappa shape index (κ2) is 6.66. The minimum atomic E-state index is -0.390. The van der Waals surface area contributed by atoms with Crippen molar-refractivity contribution in [2.24, 2.45) is 0 Å². The van der Waals surface area contributed by atoms with E-state index in [1.807, 2.05) is 24.3 Å². The molecular weight excluding hydrogens is 317 g/mol. The van der Waals surface area contributed by atoms with Crippen molar-refractivity contribution < 1.29 is 9.18 Å². The number of hydrogen-bond donors (Lipinski definition) is 3. The van der Waals surface area contributed by atoms with Crippen LogP contribution in [0.4, 0.5) is 10.1 Å². The van der Waals surface area contributed by atoms with Crippen molar-refractivity contribution in [1.29, 1.82) is 0 Å². The van der Waals surface area contributed by atoms with Gasteiger partial charge in [0, 0.05) is 22.3 Å². The SMILES string of the molecule is Cc1c(F)cccc1NC(=O)C1CC(c2ccc(Cl)cc2)NN1. The molecule has 0 radical (unpaired) electrons. The van der Waals surface area contributed by atoms with Gasteiger partial charge < -0.3 is 5.32 Å². The van der Waals surface area contributed by atoms with Crippen molar-refractivity contribution in [3.05, 3.63) is 64.4 Å². The molecule has 4 nitrogen and oxygen atoms in total. The second-order valence-corrected chi connectivity index (χ2v) is 6.02. The van der Waals surface area contributed by atoms with Crippen LogP contribution in [0.15, 0.2) is 42.5 Å². The topological polar surface area (TPSA) is 53.2 Å². The summed E-state index contributed by atoms with van der Waals surface area (Å²) in [6.07, 6.45) is 0.599.